The summed E-state index contributed by atoms with van der Waals surface area (Å²) in [5, 5.41) is 10.9. The molecule has 3 heteroatoms. The maximum atomic E-state index is 10.9. The Labute approximate surface area is 123 Å². The van der Waals surface area contributed by atoms with Crippen molar-refractivity contribution < 1.29 is 9.84 Å². The average molecular weight is 279 g/mol. The molecule has 1 aromatic carbocycles. The van der Waals surface area contributed by atoms with Crippen LogP contribution in [0.3, 0.4) is 0 Å². The molecule has 0 heterocycles. The maximum Gasteiger partial charge on any atom is 0.119 e. The van der Waals surface area contributed by atoms with Crippen LogP contribution in [-0.2, 0) is 0 Å². The number of likely N-dealkylation sites (N-methyl/N-ethyl adjacent to an activating group) is 1. The molecule has 0 aliphatic heterocycles. The van der Waals surface area contributed by atoms with Gasteiger partial charge in [-0.25, -0.2) is 0 Å². The van der Waals surface area contributed by atoms with Crippen LogP contribution >= 0.6 is 0 Å². The summed E-state index contributed by atoms with van der Waals surface area (Å²) < 4.78 is 5.24. The van der Waals surface area contributed by atoms with Crippen molar-refractivity contribution in [2.75, 3.05) is 20.2 Å². The van der Waals surface area contributed by atoms with Crippen LogP contribution in [0, 0.1) is 6.92 Å². The molecule has 0 fully saturated rings. The van der Waals surface area contributed by atoms with E-state index in [1.807, 2.05) is 25.1 Å². The van der Waals surface area contributed by atoms with Crippen LogP contribution in [0.25, 0.3) is 0 Å². The SMILES string of the molecule is CCN(CC)C(C)(CC)C(O)c1ccc(OC)cc1C. The lowest BCUT2D eigenvalue weighted by Crippen LogP contribution is -2.50. The summed E-state index contributed by atoms with van der Waals surface area (Å²) in [5.41, 5.74) is 1.81. The second kappa shape index (κ2) is 7.09. The van der Waals surface area contributed by atoms with E-state index in [0.717, 1.165) is 36.4 Å². The van der Waals surface area contributed by atoms with Crippen molar-refractivity contribution in [3.05, 3.63) is 29.3 Å². The molecule has 114 valence electrons. The number of ether oxygens (including phenoxy) is 1. The standard InChI is InChI=1S/C17H29NO2/c1-7-17(5,18(8-2)9-3)16(19)15-11-10-14(20-6)12-13(15)4/h10-12,16,19H,7-9H2,1-6H3. The predicted octanol–water partition coefficient (Wildman–Crippen LogP) is 3.55. The Morgan fingerprint density at radius 2 is 1.85 bits per heavy atom. The first-order valence-corrected chi connectivity index (χ1v) is 7.52. The van der Waals surface area contributed by atoms with Crippen LogP contribution in [-0.4, -0.2) is 35.7 Å². The van der Waals surface area contributed by atoms with Gasteiger partial charge in [0.2, 0.25) is 0 Å². The van der Waals surface area contributed by atoms with Gasteiger partial charge in [0.15, 0.2) is 0 Å². The van der Waals surface area contributed by atoms with E-state index in [4.69, 9.17) is 4.74 Å². The second-order valence-corrected chi connectivity index (χ2v) is 5.51. The van der Waals surface area contributed by atoms with Crippen molar-refractivity contribution in [1.29, 1.82) is 0 Å². The van der Waals surface area contributed by atoms with Crippen molar-refractivity contribution in [3.63, 3.8) is 0 Å². The van der Waals surface area contributed by atoms with E-state index in [-0.39, 0.29) is 5.54 Å². The number of aliphatic hydroxyl groups excluding tert-OH is 1. The number of rotatable bonds is 7. The van der Waals surface area contributed by atoms with Gasteiger partial charge in [-0.1, -0.05) is 26.8 Å². The zero-order valence-electron chi connectivity index (χ0n) is 13.7. The molecular formula is C17H29NO2. The highest BCUT2D eigenvalue weighted by Gasteiger charge is 2.37. The molecule has 2 unspecified atom stereocenters. The molecule has 3 nitrogen and oxygen atoms in total. The Bertz CT molecular complexity index is 429. The second-order valence-electron chi connectivity index (χ2n) is 5.51. The number of methoxy groups -OCH3 is 1. The number of aliphatic hydroxyl groups is 1. The molecule has 0 saturated carbocycles. The van der Waals surface area contributed by atoms with Gasteiger partial charge in [0, 0.05) is 5.54 Å². The van der Waals surface area contributed by atoms with Gasteiger partial charge in [-0.2, -0.15) is 0 Å². The number of benzene rings is 1. The normalized spacial score (nSPS) is 16.0. The van der Waals surface area contributed by atoms with Crippen molar-refractivity contribution >= 4 is 0 Å². The van der Waals surface area contributed by atoms with E-state index in [9.17, 15) is 5.11 Å². The highest BCUT2D eigenvalue weighted by molar-refractivity contribution is 5.37. The van der Waals surface area contributed by atoms with Crippen LogP contribution in [0.15, 0.2) is 18.2 Å². The molecule has 0 amide bonds. The zero-order valence-corrected chi connectivity index (χ0v) is 13.7. The van der Waals surface area contributed by atoms with Gasteiger partial charge in [0.1, 0.15) is 5.75 Å². The van der Waals surface area contributed by atoms with Crippen molar-refractivity contribution in [3.8, 4) is 5.75 Å². The van der Waals surface area contributed by atoms with Gasteiger partial charge >= 0.3 is 0 Å². The van der Waals surface area contributed by atoms with Crippen molar-refractivity contribution in [1.82, 2.24) is 4.90 Å². The third-order valence-electron chi connectivity index (χ3n) is 4.56. The van der Waals surface area contributed by atoms with Gasteiger partial charge in [-0.15, -0.1) is 0 Å². The summed E-state index contributed by atoms with van der Waals surface area (Å²) in [6.45, 7) is 12.5. The first-order chi connectivity index (χ1) is 9.44. The third kappa shape index (κ3) is 3.15. The molecule has 20 heavy (non-hydrogen) atoms. The number of hydrogen-bond donors (Lipinski definition) is 1. The molecule has 1 rings (SSSR count). The molecule has 0 spiro atoms. The van der Waals surface area contributed by atoms with E-state index in [0.29, 0.717) is 0 Å². The lowest BCUT2D eigenvalue weighted by atomic mass is 9.83. The first-order valence-electron chi connectivity index (χ1n) is 7.52. The lowest BCUT2D eigenvalue weighted by Gasteiger charge is -2.44. The Balaban J connectivity index is 3.16. The summed E-state index contributed by atoms with van der Waals surface area (Å²) in [7, 11) is 1.66. The van der Waals surface area contributed by atoms with Gasteiger partial charge in [0.25, 0.3) is 0 Å². The van der Waals surface area contributed by atoms with Crippen LogP contribution in [0.1, 0.15) is 51.3 Å². The molecule has 1 aromatic rings. The zero-order chi connectivity index (χ0) is 15.3. The smallest absolute Gasteiger partial charge is 0.119 e. The van der Waals surface area contributed by atoms with Gasteiger partial charge < -0.3 is 9.84 Å². The highest BCUT2D eigenvalue weighted by Crippen LogP contribution is 2.36. The molecule has 2 atom stereocenters. The van der Waals surface area contributed by atoms with E-state index >= 15 is 0 Å². The van der Waals surface area contributed by atoms with Crippen LogP contribution in [0.5, 0.6) is 5.75 Å². The van der Waals surface area contributed by atoms with Crippen LogP contribution < -0.4 is 4.74 Å². The lowest BCUT2D eigenvalue weighted by molar-refractivity contribution is -0.0217. The number of aryl methyl sites for hydroxylation is 1. The summed E-state index contributed by atoms with van der Waals surface area (Å²) in [4.78, 5) is 2.33. The van der Waals surface area contributed by atoms with Gasteiger partial charge in [-0.3, -0.25) is 4.90 Å². The van der Waals surface area contributed by atoms with E-state index in [1.54, 1.807) is 7.11 Å². The largest absolute Gasteiger partial charge is 0.497 e. The molecular weight excluding hydrogens is 250 g/mol. The number of nitrogens with zero attached hydrogens (tertiary/aromatic N) is 1. The first kappa shape index (κ1) is 17.0. The van der Waals surface area contributed by atoms with Crippen molar-refractivity contribution in [2.45, 2.75) is 52.7 Å². The minimum Gasteiger partial charge on any atom is -0.497 e. The minimum atomic E-state index is -0.502. The Morgan fingerprint density at radius 1 is 1.25 bits per heavy atom. The highest BCUT2D eigenvalue weighted by atomic mass is 16.5. The minimum absolute atomic E-state index is 0.247. The molecule has 0 bridgehead atoms. The Hall–Kier alpha value is -1.06. The fraction of sp³-hybridized carbons (Fsp3) is 0.647. The summed E-state index contributed by atoms with van der Waals surface area (Å²) >= 11 is 0. The van der Waals surface area contributed by atoms with Crippen LogP contribution in [0.4, 0.5) is 0 Å². The average Bonchev–Trinajstić information content (AvgIpc) is 2.47. The van der Waals surface area contributed by atoms with Gasteiger partial charge in [0.05, 0.1) is 13.2 Å². The summed E-state index contributed by atoms with van der Waals surface area (Å²) in [6.07, 6.45) is 0.403. The molecule has 0 aromatic heterocycles. The summed E-state index contributed by atoms with van der Waals surface area (Å²) in [5.74, 6) is 0.833. The predicted molar refractivity (Wildman–Crippen MR) is 84.3 cm³/mol. The Morgan fingerprint density at radius 3 is 2.25 bits per heavy atom. The maximum absolute atomic E-state index is 10.9. The Kier molecular flexibility index (Phi) is 6.03. The van der Waals surface area contributed by atoms with E-state index in [2.05, 4.69) is 32.6 Å². The van der Waals surface area contributed by atoms with E-state index in [1.165, 1.54) is 0 Å². The van der Waals surface area contributed by atoms with Crippen molar-refractivity contribution in [2.24, 2.45) is 0 Å². The quantitative estimate of drug-likeness (QED) is 0.828. The molecule has 0 aliphatic rings. The third-order valence-corrected chi connectivity index (χ3v) is 4.56. The van der Waals surface area contributed by atoms with Gasteiger partial charge in [-0.05, 0) is 56.6 Å². The number of hydrogen-bond acceptors (Lipinski definition) is 3. The fourth-order valence-corrected chi connectivity index (χ4v) is 2.95. The molecule has 1 N–H and O–H groups in total. The molecule has 0 radical (unpaired) electrons. The molecule has 0 saturated heterocycles. The fourth-order valence-electron chi connectivity index (χ4n) is 2.95. The van der Waals surface area contributed by atoms with Crippen LogP contribution in [0.2, 0.25) is 0 Å². The monoisotopic (exact) mass is 279 g/mol. The van der Waals surface area contributed by atoms with E-state index < -0.39 is 6.10 Å². The molecule has 0 aliphatic carbocycles. The summed E-state index contributed by atoms with van der Waals surface area (Å²) in [6, 6.07) is 5.89. The topological polar surface area (TPSA) is 32.7 Å².